The summed E-state index contributed by atoms with van der Waals surface area (Å²) in [5.74, 6) is -0.0615. The number of carbonyl (C=O) groups excluding carboxylic acids is 1. The second kappa shape index (κ2) is 7.88. The minimum atomic E-state index is -0.298. The highest BCUT2D eigenvalue weighted by Crippen LogP contribution is 2.18. The van der Waals surface area contributed by atoms with Gasteiger partial charge in [0.25, 0.3) is 5.91 Å². The lowest BCUT2D eigenvalue weighted by Gasteiger charge is -2.31. The van der Waals surface area contributed by atoms with E-state index in [9.17, 15) is 4.79 Å². The molecule has 0 aliphatic heterocycles. The summed E-state index contributed by atoms with van der Waals surface area (Å²) in [7, 11) is 0. The van der Waals surface area contributed by atoms with E-state index in [1.54, 1.807) is 0 Å². The lowest BCUT2D eigenvalue weighted by atomic mass is 9.92. The first kappa shape index (κ1) is 18.4. The van der Waals surface area contributed by atoms with Crippen molar-refractivity contribution in [2.75, 3.05) is 6.54 Å². The molecule has 0 unspecified atom stereocenters. The van der Waals surface area contributed by atoms with Gasteiger partial charge in [0, 0.05) is 16.6 Å². The molecule has 0 aliphatic rings. The van der Waals surface area contributed by atoms with Crippen LogP contribution in [0.1, 0.15) is 42.6 Å². The number of hydrogen-bond donors (Lipinski definition) is 2. The van der Waals surface area contributed by atoms with Gasteiger partial charge in [0.2, 0.25) is 0 Å². The van der Waals surface area contributed by atoms with E-state index in [2.05, 4.69) is 21.2 Å². The van der Waals surface area contributed by atoms with Gasteiger partial charge in [-0.05, 0) is 43.5 Å². The zero-order valence-corrected chi connectivity index (χ0v) is 14.0. The predicted molar refractivity (Wildman–Crippen MR) is 86.0 cm³/mol. The second-order valence-electron chi connectivity index (χ2n) is 4.66. The van der Waals surface area contributed by atoms with Crippen LogP contribution in [0.15, 0.2) is 22.7 Å². The zero-order valence-electron chi connectivity index (χ0n) is 11.6. The number of rotatable bonds is 5. The van der Waals surface area contributed by atoms with Crippen LogP contribution < -0.4 is 11.1 Å². The summed E-state index contributed by atoms with van der Waals surface area (Å²) in [4.78, 5) is 12.3. The molecule has 0 radical (unpaired) electrons. The number of hydrogen-bond acceptors (Lipinski definition) is 2. The van der Waals surface area contributed by atoms with Crippen molar-refractivity contribution in [1.82, 2.24) is 5.32 Å². The fourth-order valence-corrected chi connectivity index (χ4v) is 2.55. The minimum absolute atomic E-state index is 0. The maximum Gasteiger partial charge on any atom is 0.251 e. The zero-order chi connectivity index (χ0) is 13.8. The molecule has 3 N–H and O–H groups in total. The van der Waals surface area contributed by atoms with Crippen LogP contribution in [0.25, 0.3) is 0 Å². The molecule has 3 nitrogen and oxygen atoms in total. The Hall–Kier alpha value is -0.580. The maximum atomic E-state index is 12.3. The highest BCUT2D eigenvalue weighted by Gasteiger charge is 2.26. The summed E-state index contributed by atoms with van der Waals surface area (Å²) in [5.41, 5.74) is 7.22. The normalized spacial score (nSPS) is 10.8. The molecule has 1 aromatic rings. The van der Waals surface area contributed by atoms with Gasteiger partial charge in [-0.3, -0.25) is 4.79 Å². The van der Waals surface area contributed by atoms with Crippen LogP contribution >= 0.6 is 28.3 Å². The highest BCUT2D eigenvalue weighted by molar-refractivity contribution is 9.10. The van der Waals surface area contributed by atoms with Gasteiger partial charge >= 0.3 is 0 Å². The molecule has 1 amide bonds. The summed E-state index contributed by atoms with van der Waals surface area (Å²) in [6.45, 7) is 6.52. The Morgan fingerprint density at radius 1 is 1.32 bits per heavy atom. The van der Waals surface area contributed by atoms with Crippen LogP contribution in [0.5, 0.6) is 0 Å². The van der Waals surface area contributed by atoms with Gasteiger partial charge in [0.05, 0.1) is 5.54 Å². The third kappa shape index (κ3) is 4.79. The van der Waals surface area contributed by atoms with Crippen molar-refractivity contribution >= 4 is 34.2 Å². The second-order valence-corrected chi connectivity index (χ2v) is 5.58. The van der Waals surface area contributed by atoms with Gasteiger partial charge in [-0.2, -0.15) is 0 Å². The number of aryl methyl sites for hydroxylation is 1. The molecule has 1 aromatic carbocycles. The van der Waals surface area contributed by atoms with Gasteiger partial charge in [-0.25, -0.2) is 0 Å². The summed E-state index contributed by atoms with van der Waals surface area (Å²) >= 11 is 3.41. The largest absolute Gasteiger partial charge is 0.345 e. The van der Waals surface area contributed by atoms with E-state index >= 15 is 0 Å². The Morgan fingerprint density at radius 3 is 2.32 bits per heavy atom. The highest BCUT2D eigenvalue weighted by atomic mass is 79.9. The Balaban J connectivity index is 0.00000324. The van der Waals surface area contributed by atoms with Crippen LogP contribution in [-0.2, 0) is 0 Å². The Morgan fingerprint density at radius 2 is 1.89 bits per heavy atom. The number of nitrogens with two attached hydrogens (primary N) is 1. The summed E-state index contributed by atoms with van der Waals surface area (Å²) < 4.78 is 0.916. The number of amides is 1. The molecule has 19 heavy (non-hydrogen) atoms. The first-order valence-corrected chi connectivity index (χ1v) is 7.05. The average molecular weight is 350 g/mol. The van der Waals surface area contributed by atoms with Crippen molar-refractivity contribution in [2.24, 2.45) is 5.73 Å². The molecular formula is C14H22BrClN2O. The topological polar surface area (TPSA) is 55.1 Å². The van der Waals surface area contributed by atoms with Crippen molar-refractivity contribution in [1.29, 1.82) is 0 Å². The minimum Gasteiger partial charge on any atom is -0.345 e. The van der Waals surface area contributed by atoms with Crippen LogP contribution in [0, 0.1) is 6.92 Å². The van der Waals surface area contributed by atoms with Crippen molar-refractivity contribution < 1.29 is 4.79 Å². The fraction of sp³-hybridized carbons (Fsp3) is 0.500. The van der Waals surface area contributed by atoms with E-state index < -0.39 is 0 Å². The third-order valence-corrected chi connectivity index (χ3v) is 3.89. The molecule has 0 fully saturated rings. The SMILES string of the molecule is CCC(CC)(CN)NC(=O)c1cc(C)cc(Br)c1.Cl. The molecule has 0 aromatic heterocycles. The monoisotopic (exact) mass is 348 g/mol. The molecule has 0 spiro atoms. The van der Waals surface area contributed by atoms with Crippen LogP contribution in [0.4, 0.5) is 0 Å². The van der Waals surface area contributed by atoms with Gasteiger partial charge in [-0.15, -0.1) is 12.4 Å². The van der Waals surface area contributed by atoms with Gasteiger partial charge in [0.1, 0.15) is 0 Å². The van der Waals surface area contributed by atoms with Crippen LogP contribution in [0.2, 0.25) is 0 Å². The molecule has 108 valence electrons. The lowest BCUT2D eigenvalue weighted by Crippen LogP contribution is -2.52. The Kier molecular flexibility index (Phi) is 7.64. The number of benzene rings is 1. The first-order valence-electron chi connectivity index (χ1n) is 6.26. The summed E-state index contributed by atoms with van der Waals surface area (Å²) in [6, 6.07) is 5.69. The first-order chi connectivity index (χ1) is 8.46. The molecule has 0 atom stereocenters. The van der Waals surface area contributed by atoms with Crippen molar-refractivity contribution in [3.63, 3.8) is 0 Å². The number of nitrogens with one attached hydrogen (secondary N) is 1. The molecule has 0 saturated carbocycles. The summed E-state index contributed by atoms with van der Waals surface area (Å²) in [6.07, 6.45) is 1.66. The smallest absolute Gasteiger partial charge is 0.251 e. The molecule has 5 heteroatoms. The lowest BCUT2D eigenvalue weighted by molar-refractivity contribution is 0.0895. The summed E-state index contributed by atoms with van der Waals surface area (Å²) in [5, 5.41) is 3.07. The van der Waals surface area contributed by atoms with Gasteiger partial charge < -0.3 is 11.1 Å². The fourth-order valence-electron chi connectivity index (χ4n) is 1.95. The molecule has 0 bridgehead atoms. The number of halogens is 2. The van der Waals surface area contributed by atoms with E-state index in [0.29, 0.717) is 12.1 Å². The van der Waals surface area contributed by atoms with E-state index in [1.165, 1.54) is 0 Å². The third-order valence-electron chi connectivity index (χ3n) is 3.43. The molecule has 1 rings (SSSR count). The molecule has 0 saturated heterocycles. The predicted octanol–water partition coefficient (Wildman–Crippen LogP) is 3.43. The van der Waals surface area contributed by atoms with E-state index in [0.717, 1.165) is 22.9 Å². The van der Waals surface area contributed by atoms with Crippen molar-refractivity contribution in [2.45, 2.75) is 39.2 Å². The van der Waals surface area contributed by atoms with E-state index in [-0.39, 0.29) is 23.9 Å². The Bertz CT molecular complexity index is 405. The van der Waals surface area contributed by atoms with Crippen molar-refractivity contribution in [3.05, 3.63) is 33.8 Å². The maximum absolute atomic E-state index is 12.3. The quantitative estimate of drug-likeness (QED) is 0.855. The van der Waals surface area contributed by atoms with Crippen molar-refractivity contribution in [3.8, 4) is 0 Å². The molecule has 0 heterocycles. The molecule has 0 aliphatic carbocycles. The van der Waals surface area contributed by atoms with Gasteiger partial charge in [-0.1, -0.05) is 29.8 Å². The average Bonchev–Trinajstić information content (AvgIpc) is 2.35. The van der Waals surface area contributed by atoms with E-state index in [4.69, 9.17) is 5.73 Å². The molecular weight excluding hydrogens is 328 g/mol. The van der Waals surface area contributed by atoms with Crippen LogP contribution in [-0.4, -0.2) is 18.0 Å². The van der Waals surface area contributed by atoms with E-state index in [1.807, 2.05) is 39.0 Å². The standard InChI is InChI=1S/C14H21BrN2O.ClH/c1-4-14(5-2,9-16)17-13(18)11-6-10(3)7-12(15)8-11;/h6-8H,4-5,9,16H2,1-3H3,(H,17,18);1H. The van der Waals surface area contributed by atoms with Crippen LogP contribution in [0.3, 0.4) is 0 Å². The Labute approximate surface area is 129 Å². The number of carbonyl (C=O) groups is 1. The van der Waals surface area contributed by atoms with Gasteiger partial charge in [0.15, 0.2) is 0 Å².